The van der Waals surface area contributed by atoms with Gasteiger partial charge in [-0.05, 0) is 84.7 Å². The van der Waals surface area contributed by atoms with Crippen molar-refractivity contribution < 1.29 is 14.3 Å². The predicted octanol–water partition coefficient (Wildman–Crippen LogP) is 5.99. The summed E-state index contributed by atoms with van der Waals surface area (Å²) in [5.41, 5.74) is 2.22. The van der Waals surface area contributed by atoms with Crippen molar-refractivity contribution in [3.8, 4) is 11.4 Å². The van der Waals surface area contributed by atoms with E-state index in [2.05, 4.69) is 21.2 Å². The molecule has 1 aliphatic rings. The lowest BCUT2D eigenvalue weighted by molar-refractivity contribution is 0.0706. The zero-order valence-electron chi connectivity index (χ0n) is 22.9. The number of nitrogens with zero attached hydrogens (tertiary/aromatic N) is 3. The number of halogens is 2. The molecule has 1 N–H and O–H groups in total. The van der Waals surface area contributed by atoms with E-state index >= 15 is 0 Å². The highest BCUT2D eigenvalue weighted by Gasteiger charge is 2.32. The van der Waals surface area contributed by atoms with Crippen molar-refractivity contribution in [2.24, 2.45) is 0 Å². The summed E-state index contributed by atoms with van der Waals surface area (Å²) in [7, 11) is 0. The van der Waals surface area contributed by atoms with Crippen molar-refractivity contribution in [3.63, 3.8) is 0 Å². The Labute approximate surface area is 251 Å². The molecule has 0 saturated carbocycles. The molecule has 2 amide bonds. The Bertz CT molecular complexity index is 1650. The van der Waals surface area contributed by atoms with E-state index in [0.717, 1.165) is 5.56 Å². The van der Waals surface area contributed by atoms with Crippen LogP contribution in [0, 0.1) is 0 Å². The lowest BCUT2D eigenvalue weighted by Gasteiger charge is -2.28. The zero-order chi connectivity index (χ0) is 29.3. The fraction of sp³-hybridized carbons (Fsp3) is 0.258. The van der Waals surface area contributed by atoms with E-state index in [1.165, 1.54) is 4.57 Å². The summed E-state index contributed by atoms with van der Waals surface area (Å²) in [6.07, 6.45) is -0.00434. The molecule has 0 unspecified atom stereocenters. The van der Waals surface area contributed by atoms with Crippen LogP contribution in [0.4, 0.5) is 0 Å². The lowest BCUT2D eigenvalue weighted by atomic mass is 10.1. The molecule has 0 spiro atoms. The summed E-state index contributed by atoms with van der Waals surface area (Å²) in [6, 6.07) is 21.4. The van der Waals surface area contributed by atoms with E-state index in [0.29, 0.717) is 38.7 Å². The van der Waals surface area contributed by atoms with Crippen molar-refractivity contribution in [2.75, 3.05) is 6.54 Å². The van der Waals surface area contributed by atoms with Crippen LogP contribution in [0.5, 0.6) is 5.75 Å². The third-order valence-corrected chi connectivity index (χ3v) is 8.19. The molecule has 8 nitrogen and oxygen atoms in total. The molecule has 0 bridgehead atoms. The highest BCUT2D eigenvalue weighted by Crippen LogP contribution is 2.27. The number of benzene rings is 3. The number of imidazole rings is 1. The Balaban J connectivity index is 1.55. The number of carbonyl (C=O) groups is 2. The van der Waals surface area contributed by atoms with Gasteiger partial charge in [0.1, 0.15) is 11.4 Å². The predicted molar refractivity (Wildman–Crippen MR) is 162 cm³/mol. The highest BCUT2D eigenvalue weighted by atomic mass is 79.9. The Kier molecular flexibility index (Phi) is 8.37. The quantitative estimate of drug-likeness (QED) is 0.270. The maximum atomic E-state index is 13.9. The smallest absolute Gasteiger partial charge is 0.333 e. The van der Waals surface area contributed by atoms with Gasteiger partial charge in [0.15, 0.2) is 0 Å². The number of ether oxygens (including phenoxy) is 1. The Morgan fingerprint density at radius 2 is 1.68 bits per heavy atom. The van der Waals surface area contributed by atoms with E-state index < -0.39 is 5.91 Å². The summed E-state index contributed by atoms with van der Waals surface area (Å²) in [4.78, 5) is 42.8. The number of hydrogen-bond acceptors (Lipinski definition) is 4. The van der Waals surface area contributed by atoms with Crippen molar-refractivity contribution in [1.82, 2.24) is 19.4 Å². The van der Waals surface area contributed by atoms with Gasteiger partial charge in [-0.2, -0.15) is 0 Å². The summed E-state index contributed by atoms with van der Waals surface area (Å²) >= 11 is 9.60. The molecule has 41 heavy (non-hydrogen) atoms. The van der Waals surface area contributed by atoms with Gasteiger partial charge in [0.05, 0.1) is 35.1 Å². The number of aromatic nitrogens is 2. The van der Waals surface area contributed by atoms with Crippen LogP contribution in [-0.2, 0) is 13.1 Å². The lowest BCUT2D eigenvalue weighted by Crippen LogP contribution is -2.41. The van der Waals surface area contributed by atoms with Gasteiger partial charge in [-0.15, -0.1) is 0 Å². The first-order chi connectivity index (χ1) is 19.6. The second kappa shape index (κ2) is 12.0. The van der Waals surface area contributed by atoms with E-state index in [-0.39, 0.29) is 42.5 Å². The largest absolute Gasteiger partial charge is 0.491 e. The van der Waals surface area contributed by atoms with Crippen LogP contribution < -0.4 is 15.7 Å². The van der Waals surface area contributed by atoms with Crippen LogP contribution in [-0.4, -0.2) is 38.5 Å². The third kappa shape index (κ3) is 5.96. The zero-order valence-corrected chi connectivity index (χ0v) is 25.3. The van der Waals surface area contributed by atoms with E-state index in [1.54, 1.807) is 51.9 Å². The number of fused-ring (bicyclic) bond motifs is 1. The standard InChI is InChI=1S/C31H30BrClN4O4/c1-19(2)41-24-12-10-23(11-13-24)37-28(29(38)34-20(3)21-7-5-4-6-8-21)27-18-35(15-16-36(27)31(37)40)30(39)22-9-14-25(32)26(33)17-22/h4-14,17,19-20H,15-16,18H2,1-3H3,(H,34,38)/t20-/m0/s1. The van der Waals surface area contributed by atoms with Crippen LogP contribution >= 0.6 is 27.5 Å². The second-order valence-corrected chi connectivity index (χ2v) is 11.4. The molecule has 0 saturated heterocycles. The minimum Gasteiger partial charge on any atom is -0.491 e. The number of rotatable bonds is 7. The molecular weight excluding hydrogens is 608 g/mol. The molecule has 5 rings (SSSR count). The number of amides is 2. The minimum atomic E-state index is -0.407. The number of nitrogens with one attached hydrogen (secondary N) is 1. The molecule has 2 heterocycles. The molecule has 212 valence electrons. The van der Waals surface area contributed by atoms with Gasteiger partial charge in [-0.3, -0.25) is 18.7 Å². The first-order valence-corrected chi connectivity index (χ1v) is 14.5. The molecule has 0 radical (unpaired) electrons. The molecule has 0 aliphatic carbocycles. The van der Waals surface area contributed by atoms with Crippen molar-refractivity contribution >= 4 is 39.3 Å². The molecule has 0 fully saturated rings. The Hall–Kier alpha value is -3.82. The molecule has 1 aliphatic heterocycles. The van der Waals surface area contributed by atoms with Gasteiger partial charge < -0.3 is 15.0 Å². The SMILES string of the molecule is CC(C)Oc1ccc(-n2c(C(=O)N[C@@H](C)c3ccccc3)c3n(c2=O)CCN(C(=O)c2ccc(Br)c(Cl)c2)C3)cc1. The minimum absolute atomic E-state index is 0.00434. The summed E-state index contributed by atoms with van der Waals surface area (Å²) in [6.45, 7) is 6.42. The molecule has 4 aromatic rings. The van der Waals surface area contributed by atoms with Crippen LogP contribution in [0.2, 0.25) is 5.02 Å². The normalized spacial score (nSPS) is 13.6. The van der Waals surface area contributed by atoms with Crippen molar-refractivity contribution in [1.29, 1.82) is 0 Å². The maximum absolute atomic E-state index is 13.9. The molecular formula is C31H30BrClN4O4. The summed E-state index contributed by atoms with van der Waals surface area (Å²) in [5, 5.41) is 3.48. The van der Waals surface area contributed by atoms with Crippen LogP contribution in [0.15, 0.2) is 82.1 Å². The average molecular weight is 638 g/mol. The van der Waals surface area contributed by atoms with Crippen LogP contribution in [0.1, 0.15) is 58.9 Å². The fourth-order valence-corrected chi connectivity index (χ4v) is 5.38. The number of hydrogen-bond donors (Lipinski definition) is 1. The van der Waals surface area contributed by atoms with Gasteiger partial charge in [0.25, 0.3) is 11.8 Å². The van der Waals surface area contributed by atoms with Gasteiger partial charge in [-0.25, -0.2) is 4.79 Å². The van der Waals surface area contributed by atoms with Gasteiger partial charge in [0, 0.05) is 23.1 Å². The number of carbonyl (C=O) groups excluding carboxylic acids is 2. The van der Waals surface area contributed by atoms with E-state index in [9.17, 15) is 14.4 Å². The molecule has 1 aromatic heterocycles. The maximum Gasteiger partial charge on any atom is 0.333 e. The first kappa shape index (κ1) is 28.7. The Morgan fingerprint density at radius 3 is 2.34 bits per heavy atom. The topological polar surface area (TPSA) is 85.6 Å². The second-order valence-electron chi connectivity index (χ2n) is 10.2. The van der Waals surface area contributed by atoms with Crippen LogP contribution in [0.25, 0.3) is 5.69 Å². The Morgan fingerprint density at radius 1 is 0.976 bits per heavy atom. The van der Waals surface area contributed by atoms with Crippen molar-refractivity contribution in [3.05, 3.63) is 115 Å². The molecule has 3 aromatic carbocycles. The first-order valence-electron chi connectivity index (χ1n) is 13.4. The molecule has 10 heteroatoms. The van der Waals surface area contributed by atoms with Crippen LogP contribution in [0.3, 0.4) is 0 Å². The average Bonchev–Trinajstić information content (AvgIpc) is 3.26. The third-order valence-electron chi connectivity index (χ3n) is 6.96. The van der Waals surface area contributed by atoms with E-state index in [1.807, 2.05) is 51.1 Å². The van der Waals surface area contributed by atoms with Crippen molar-refractivity contribution in [2.45, 2.75) is 46.0 Å². The fourth-order valence-electron chi connectivity index (χ4n) is 4.95. The highest BCUT2D eigenvalue weighted by molar-refractivity contribution is 9.10. The summed E-state index contributed by atoms with van der Waals surface area (Å²) < 4.78 is 9.46. The summed E-state index contributed by atoms with van der Waals surface area (Å²) in [5.74, 6) is 0.0233. The van der Waals surface area contributed by atoms with Gasteiger partial charge >= 0.3 is 5.69 Å². The van der Waals surface area contributed by atoms with Gasteiger partial charge in [-0.1, -0.05) is 41.9 Å². The van der Waals surface area contributed by atoms with E-state index in [4.69, 9.17) is 16.3 Å². The monoisotopic (exact) mass is 636 g/mol. The van der Waals surface area contributed by atoms with Gasteiger partial charge in [0.2, 0.25) is 0 Å². The molecule has 1 atom stereocenters.